The van der Waals surface area contributed by atoms with Gasteiger partial charge in [-0.1, -0.05) is 16.8 Å². The van der Waals surface area contributed by atoms with Crippen LogP contribution < -0.4 is 0 Å². The molecule has 0 spiro atoms. The fourth-order valence-corrected chi connectivity index (χ4v) is 0. The molecule has 0 aliphatic carbocycles. The van der Waals surface area contributed by atoms with E-state index in [2.05, 4.69) is 0 Å². The third-order valence-corrected chi connectivity index (χ3v) is 0. The molecule has 5 heavy (non-hydrogen) atoms. The second-order valence-corrected chi connectivity index (χ2v) is 0.192. The molecule has 0 aromatic heterocycles. The first kappa shape index (κ1) is 3.51. The van der Waals surface area contributed by atoms with E-state index in [1.54, 1.807) is 0 Å². The predicted molar refractivity (Wildman–Crippen MR) is 38.5 cm³/mol. The molecular weight excluding hydrogens is 54.1 g/mol. The lowest BCUT2D eigenvalue weighted by atomic mass is 8.97. The van der Waals surface area contributed by atoms with E-state index in [0.29, 0.717) is 14.1 Å². The smallest absolute Gasteiger partial charge is 0.0376 e. The Hall–Kier alpha value is 0.325. The average Bonchev–Trinajstić information content (AvgIpc) is 1.36. The average molecular weight is 62.1 g/mol. The van der Waals surface area contributed by atoms with Crippen LogP contribution in [0, 0.1) is 0 Å². The molecule has 0 amide bonds. The standard InChI is InChI=1S/B5H7/c1-4-5(2)3/h4H,1-2H3/q-2/i4D. The molecule has 0 atom stereocenters. The van der Waals surface area contributed by atoms with Gasteiger partial charge in [0.1, 0.15) is 0 Å². The van der Waals surface area contributed by atoms with Gasteiger partial charge in [-0.2, -0.15) is 6.39 Å². The van der Waals surface area contributed by atoms with Crippen LogP contribution in [0.4, 0.5) is 0 Å². The van der Waals surface area contributed by atoms with E-state index in [1.807, 2.05) is 0 Å². The topological polar surface area (TPSA) is 0 Å². The van der Waals surface area contributed by atoms with Crippen LogP contribution in [0.25, 0.3) is 0 Å². The lowest BCUT2D eigenvalue weighted by molar-refractivity contribution is 3.91. The Morgan fingerprint density at radius 3 is 2.40 bits per heavy atom. The minimum absolute atomic E-state index is 0.241. The summed E-state index contributed by atoms with van der Waals surface area (Å²) < 4.78 is 7.08. The molecule has 0 nitrogen and oxygen atoms in total. The highest BCUT2D eigenvalue weighted by molar-refractivity contribution is 7.60. The molecule has 0 saturated carbocycles. The molecular formula is H7B5-2. The summed E-state index contributed by atoms with van der Waals surface area (Å²) >= 11 is 0. The van der Waals surface area contributed by atoms with E-state index in [4.69, 9.17) is 9.07 Å². The zero-order valence-electron chi connectivity index (χ0n) is 2.73. The number of hydrogen-bond acceptors (Lipinski definition) is 0. The maximum absolute atomic E-state index is 7.08. The van der Waals surface area contributed by atoms with Gasteiger partial charge in [-0.05, 0) is 7.74 Å². The van der Waals surface area contributed by atoms with Crippen LogP contribution in [0.5, 0.6) is 0 Å². The van der Waals surface area contributed by atoms with E-state index in [9.17, 15) is 0 Å². The first-order valence-electron chi connectivity index (χ1n) is 1.24. The molecule has 0 fully saturated rings. The molecule has 5 heteroatoms. The Morgan fingerprint density at radius 1 is 2.20 bits per heavy atom. The van der Waals surface area contributed by atoms with Crippen LogP contribution in [0.15, 0.2) is 0 Å². The van der Waals surface area contributed by atoms with Gasteiger partial charge in [0, 0.05) is 0 Å². The Balaban J connectivity index is 2.99. The van der Waals surface area contributed by atoms with Gasteiger partial charge in [-0.15, -0.1) is 7.02 Å². The second kappa shape index (κ2) is 2.56. The van der Waals surface area contributed by atoms with Gasteiger partial charge in [0.15, 0.2) is 0 Å². The van der Waals surface area contributed by atoms with E-state index in [1.165, 1.54) is 0 Å². The molecule has 0 bridgehead atoms. The SMILES string of the molecule is [2H]B([BH3-])B([B])[BH3-]. The summed E-state index contributed by atoms with van der Waals surface area (Å²) in [4.78, 5) is 0. The summed E-state index contributed by atoms with van der Waals surface area (Å²) in [6.45, 7) is 0. The summed E-state index contributed by atoms with van der Waals surface area (Å²) in [7, 11) is 6.21. The highest BCUT2D eigenvalue weighted by Gasteiger charge is 1.73. The lowest BCUT2D eigenvalue weighted by Gasteiger charge is -1.97. The van der Waals surface area contributed by atoms with Crippen molar-refractivity contribution in [1.29, 1.82) is 1.34 Å². The zero-order valence-corrected chi connectivity index (χ0v) is 1.73. The van der Waals surface area contributed by atoms with Gasteiger partial charge in [-0.3, -0.25) is 0 Å². The molecule has 0 unspecified atom stereocenters. The van der Waals surface area contributed by atoms with E-state index in [0.717, 1.165) is 0 Å². The largest absolute Gasteiger partial charge is 0.154 e. The molecule has 0 heterocycles. The summed E-state index contributed by atoms with van der Waals surface area (Å²) in [5.41, 5.74) is 0. The van der Waals surface area contributed by atoms with Gasteiger partial charge in [-0.25, -0.2) is 0 Å². The molecule has 0 N–H and O–H groups in total. The van der Waals surface area contributed by atoms with Crippen LogP contribution in [0.1, 0.15) is 0 Å². The zero-order chi connectivity index (χ0) is 5.15. The highest BCUT2D eigenvalue weighted by Crippen LogP contribution is 1.47. The quantitative estimate of drug-likeness (QED) is 0.273. The fourth-order valence-electron chi connectivity index (χ4n) is 0. The van der Waals surface area contributed by atoms with Gasteiger partial charge in [0.2, 0.25) is 0 Å². The van der Waals surface area contributed by atoms with Crippen molar-refractivity contribution in [2.24, 2.45) is 0 Å². The van der Waals surface area contributed by atoms with Gasteiger partial charge in [0.25, 0.3) is 0 Å². The predicted octanol–water partition coefficient (Wildman–Crippen LogP) is -3.78. The molecule has 24 valence electrons. The molecule has 0 aromatic rings. The first-order valence-corrected chi connectivity index (χ1v) is 0.667. The van der Waals surface area contributed by atoms with Crippen molar-refractivity contribution in [3.05, 3.63) is 0 Å². The Kier molecular flexibility index (Phi) is 1.80. The van der Waals surface area contributed by atoms with Crippen molar-refractivity contribution >= 4 is 36.6 Å². The number of rotatable bonds is 1. The van der Waals surface area contributed by atoms with Gasteiger partial charge < -0.3 is 0 Å². The fraction of sp³-hybridized carbons (Fsp3) is 0. The third kappa shape index (κ3) is 4.32. The van der Waals surface area contributed by atoms with Crippen molar-refractivity contribution in [2.45, 2.75) is 0 Å². The van der Waals surface area contributed by atoms with E-state index >= 15 is 0 Å². The highest BCUT2D eigenvalue weighted by atomic mass is 12.7. The van der Waals surface area contributed by atoms with E-state index in [-0.39, 0.29) is 14.8 Å². The molecule has 2 radical (unpaired) electrons. The third-order valence-electron chi connectivity index (χ3n) is 0. The van der Waals surface area contributed by atoms with Crippen molar-refractivity contribution in [1.82, 2.24) is 0 Å². The van der Waals surface area contributed by atoms with E-state index < -0.39 is 0 Å². The minimum Gasteiger partial charge on any atom is -0.154 e. The Labute approximate surface area is 38.9 Å². The van der Waals surface area contributed by atoms with Crippen LogP contribution in [-0.4, -0.2) is 38.0 Å². The normalized spacial score (nSPS) is 9.60. The lowest BCUT2D eigenvalue weighted by Crippen LogP contribution is -2.23. The molecule has 0 aliphatic rings. The first-order chi connectivity index (χ1) is 2.64. The summed E-state index contributed by atoms with van der Waals surface area (Å²) in [6, 6.07) is 0. The monoisotopic (exact) mass is 63.1 g/mol. The number of hydrogen-bond donors (Lipinski definition) is 0. The molecule has 0 rings (SSSR count). The summed E-state index contributed by atoms with van der Waals surface area (Å²) in [5.74, 6) is 0. The summed E-state index contributed by atoms with van der Waals surface area (Å²) in [6.07, 6.45) is 0.380. The minimum atomic E-state index is 0.241. The molecule has 0 aliphatic heterocycles. The maximum atomic E-state index is 7.08. The Morgan fingerprint density at radius 2 is 2.40 bits per heavy atom. The summed E-state index contributed by atoms with van der Waals surface area (Å²) in [5, 5.41) is 0. The van der Waals surface area contributed by atoms with Crippen LogP contribution in [-0.2, 0) is 0 Å². The van der Waals surface area contributed by atoms with Gasteiger partial charge >= 0.3 is 0 Å². The van der Waals surface area contributed by atoms with Crippen LogP contribution >= 0.6 is 0 Å². The Bertz CT molecular complexity index is 24.9. The van der Waals surface area contributed by atoms with Crippen molar-refractivity contribution in [3.63, 3.8) is 0 Å². The maximum Gasteiger partial charge on any atom is -0.0376 e. The molecule has 0 aromatic carbocycles. The van der Waals surface area contributed by atoms with Gasteiger partial charge in [0.05, 0.1) is 0 Å². The van der Waals surface area contributed by atoms with Crippen LogP contribution in [0.2, 0.25) is 0 Å². The van der Waals surface area contributed by atoms with Crippen molar-refractivity contribution < 1.29 is 0 Å². The second-order valence-electron chi connectivity index (χ2n) is 0.192. The molecule has 0 saturated heterocycles. The van der Waals surface area contributed by atoms with Crippen molar-refractivity contribution in [2.75, 3.05) is 0 Å². The van der Waals surface area contributed by atoms with Crippen LogP contribution in [0.3, 0.4) is 0 Å². The van der Waals surface area contributed by atoms with Crippen molar-refractivity contribution in [3.8, 4) is 0 Å².